The zero-order chi connectivity index (χ0) is 19.2. The van der Waals surface area contributed by atoms with Gasteiger partial charge in [-0.25, -0.2) is 0 Å². The first-order valence-corrected chi connectivity index (χ1v) is 8.75. The van der Waals surface area contributed by atoms with Gasteiger partial charge in [0.1, 0.15) is 0 Å². The molecule has 3 aromatic rings. The molecule has 3 rings (SSSR count). The van der Waals surface area contributed by atoms with Crippen LogP contribution in [0, 0.1) is 0 Å². The molecule has 1 heterocycles. The van der Waals surface area contributed by atoms with Crippen LogP contribution in [0.5, 0.6) is 0 Å². The Morgan fingerprint density at radius 2 is 1.30 bits per heavy atom. The monoisotopic (exact) mass is 359 g/mol. The summed E-state index contributed by atoms with van der Waals surface area (Å²) in [5.74, 6) is -0.00383. The molecule has 5 nitrogen and oxygen atoms in total. The van der Waals surface area contributed by atoms with Crippen molar-refractivity contribution in [2.75, 3.05) is 10.6 Å². The van der Waals surface area contributed by atoms with Crippen LogP contribution >= 0.6 is 0 Å². The lowest BCUT2D eigenvalue weighted by atomic mass is 10.0. The van der Waals surface area contributed by atoms with Crippen LogP contribution in [0.4, 0.5) is 11.4 Å². The van der Waals surface area contributed by atoms with Gasteiger partial charge in [0.2, 0.25) is 0 Å². The van der Waals surface area contributed by atoms with E-state index in [1.165, 1.54) is 5.56 Å². The van der Waals surface area contributed by atoms with Crippen LogP contribution in [-0.2, 0) is 0 Å². The molecule has 0 fully saturated rings. The molecule has 27 heavy (non-hydrogen) atoms. The largest absolute Gasteiger partial charge is 0.322 e. The smallest absolute Gasteiger partial charge is 0.255 e. The first-order chi connectivity index (χ1) is 13.0. The van der Waals surface area contributed by atoms with Crippen molar-refractivity contribution in [3.8, 4) is 0 Å². The lowest BCUT2D eigenvalue weighted by molar-refractivity contribution is 0.101. The van der Waals surface area contributed by atoms with E-state index in [2.05, 4.69) is 29.5 Å². The van der Waals surface area contributed by atoms with Crippen LogP contribution in [0.25, 0.3) is 0 Å². The summed E-state index contributed by atoms with van der Waals surface area (Å²) in [5, 5.41) is 5.67. The molecule has 0 bridgehead atoms. The van der Waals surface area contributed by atoms with E-state index < -0.39 is 0 Å². The summed E-state index contributed by atoms with van der Waals surface area (Å²) >= 11 is 0. The van der Waals surface area contributed by atoms with Gasteiger partial charge in [0.05, 0.1) is 0 Å². The topological polar surface area (TPSA) is 71.1 Å². The number of nitrogens with one attached hydrogen (secondary N) is 2. The number of rotatable bonds is 5. The highest BCUT2D eigenvalue weighted by Gasteiger charge is 2.09. The minimum atomic E-state index is -0.231. The minimum Gasteiger partial charge on any atom is -0.322 e. The molecule has 0 saturated carbocycles. The number of pyridine rings is 1. The summed E-state index contributed by atoms with van der Waals surface area (Å²) in [7, 11) is 0. The fourth-order valence-electron chi connectivity index (χ4n) is 2.60. The van der Waals surface area contributed by atoms with Crippen molar-refractivity contribution in [3.05, 3.63) is 89.7 Å². The first kappa shape index (κ1) is 18.3. The van der Waals surface area contributed by atoms with Gasteiger partial charge >= 0.3 is 0 Å². The number of carbonyl (C=O) groups excluding carboxylic acids is 2. The van der Waals surface area contributed by atoms with Crippen LogP contribution in [0.15, 0.2) is 73.1 Å². The van der Waals surface area contributed by atoms with E-state index in [4.69, 9.17) is 0 Å². The number of benzene rings is 2. The number of amides is 2. The van der Waals surface area contributed by atoms with Gasteiger partial charge in [-0.3, -0.25) is 14.6 Å². The Balaban J connectivity index is 1.68. The zero-order valence-electron chi connectivity index (χ0n) is 15.3. The predicted molar refractivity (Wildman–Crippen MR) is 107 cm³/mol. The van der Waals surface area contributed by atoms with Crippen LogP contribution in [0.3, 0.4) is 0 Å². The van der Waals surface area contributed by atoms with E-state index >= 15 is 0 Å². The highest BCUT2D eigenvalue weighted by molar-refractivity contribution is 6.06. The standard InChI is InChI=1S/C22H21N3O2/c1-15(2)16-6-8-17(9-7-16)21(26)24-19-4-3-5-20(14-19)25-22(27)18-10-12-23-13-11-18/h3-15H,1-2H3,(H,24,26)(H,25,27). The molecule has 0 spiro atoms. The quantitative estimate of drug-likeness (QED) is 0.693. The van der Waals surface area contributed by atoms with Crippen LogP contribution in [0.1, 0.15) is 46.0 Å². The third-order valence-electron chi connectivity index (χ3n) is 4.16. The average Bonchev–Trinajstić information content (AvgIpc) is 2.69. The van der Waals surface area contributed by atoms with Gasteiger partial charge in [-0.15, -0.1) is 0 Å². The van der Waals surface area contributed by atoms with Crippen molar-refractivity contribution in [1.29, 1.82) is 0 Å². The fraction of sp³-hybridized carbons (Fsp3) is 0.136. The van der Waals surface area contributed by atoms with Gasteiger partial charge in [-0.05, 0) is 53.9 Å². The maximum absolute atomic E-state index is 12.4. The normalized spacial score (nSPS) is 10.5. The van der Waals surface area contributed by atoms with Crippen molar-refractivity contribution in [2.24, 2.45) is 0 Å². The van der Waals surface area contributed by atoms with E-state index in [0.717, 1.165) is 0 Å². The molecule has 0 aliphatic heterocycles. The Kier molecular flexibility index (Phi) is 5.61. The summed E-state index contributed by atoms with van der Waals surface area (Å²) < 4.78 is 0. The van der Waals surface area contributed by atoms with Crippen molar-refractivity contribution < 1.29 is 9.59 Å². The van der Waals surface area contributed by atoms with Gasteiger partial charge < -0.3 is 10.6 Å². The third kappa shape index (κ3) is 4.79. The predicted octanol–water partition coefficient (Wildman–Crippen LogP) is 4.71. The molecule has 1 aromatic heterocycles. The molecule has 0 radical (unpaired) electrons. The maximum atomic E-state index is 12.4. The third-order valence-corrected chi connectivity index (χ3v) is 4.16. The van der Waals surface area contributed by atoms with Crippen molar-refractivity contribution in [2.45, 2.75) is 19.8 Å². The average molecular weight is 359 g/mol. The van der Waals surface area contributed by atoms with Gasteiger partial charge in [0.25, 0.3) is 11.8 Å². The number of hydrogen-bond donors (Lipinski definition) is 2. The molecule has 2 aromatic carbocycles. The van der Waals surface area contributed by atoms with E-state index in [1.54, 1.807) is 48.8 Å². The first-order valence-electron chi connectivity index (χ1n) is 8.75. The second-order valence-corrected chi connectivity index (χ2v) is 6.50. The molecular weight excluding hydrogens is 338 g/mol. The number of anilines is 2. The molecule has 0 aliphatic rings. The SMILES string of the molecule is CC(C)c1ccc(C(=O)Nc2cccc(NC(=O)c3ccncc3)c2)cc1. The summed E-state index contributed by atoms with van der Waals surface area (Å²) in [6.07, 6.45) is 3.13. The highest BCUT2D eigenvalue weighted by atomic mass is 16.2. The Labute approximate surface area is 158 Å². The van der Waals surface area contributed by atoms with E-state index in [-0.39, 0.29) is 11.8 Å². The Hall–Kier alpha value is -3.47. The molecule has 0 atom stereocenters. The Bertz CT molecular complexity index is 935. The summed E-state index contributed by atoms with van der Waals surface area (Å²) in [6, 6.07) is 17.9. The van der Waals surface area contributed by atoms with Crippen LogP contribution in [-0.4, -0.2) is 16.8 Å². The molecule has 0 aliphatic carbocycles. The number of hydrogen-bond acceptors (Lipinski definition) is 3. The van der Waals surface area contributed by atoms with Crippen molar-refractivity contribution in [3.63, 3.8) is 0 Å². The fourth-order valence-corrected chi connectivity index (χ4v) is 2.60. The number of carbonyl (C=O) groups is 2. The second-order valence-electron chi connectivity index (χ2n) is 6.50. The maximum Gasteiger partial charge on any atom is 0.255 e. The molecular formula is C22H21N3O2. The van der Waals surface area contributed by atoms with Crippen molar-refractivity contribution in [1.82, 2.24) is 4.98 Å². The summed E-state index contributed by atoms with van der Waals surface area (Å²) in [5.41, 5.74) is 3.51. The molecule has 0 saturated heterocycles. The van der Waals surface area contributed by atoms with Gasteiger partial charge in [0.15, 0.2) is 0 Å². The molecule has 2 amide bonds. The van der Waals surface area contributed by atoms with Crippen LogP contribution < -0.4 is 10.6 Å². The molecule has 136 valence electrons. The number of nitrogens with zero attached hydrogens (tertiary/aromatic N) is 1. The van der Waals surface area contributed by atoms with Crippen LogP contribution in [0.2, 0.25) is 0 Å². The zero-order valence-corrected chi connectivity index (χ0v) is 15.3. The van der Waals surface area contributed by atoms with Gasteiger partial charge in [-0.1, -0.05) is 32.0 Å². The minimum absolute atomic E-state index is 0.192. The van der Waals surface area contributed by atoms with E-state index in [1.807, 2.05) is 24.3 Å². The van der Waals surface area contributed by atoms with E-state index in [9.17, 15) is 9.59 Å². The summed E-state index contributed by atoms with van der Waals surface area (Å²) in [4.78, 5) is 28.6. The van der Waals surface area contributed by atoms with Gasteiger partial charge in [0, 0.05) is 34.9 Å². The molecule has 5 heteroatoms. The summed E-state index contributed by atoms with van der Waals surface area (Å²) in [6.45, 7) is 4.22. The highest BCUT2D eigenvalue weighted by Crippen LogP contribution is 2.18. The molecule has 0 unspecified atom stereocenters. The lowest BCUT2D eigenvalue weighted by Crippen LogP contribution is -2.14. The molecule has 2 N–H and O–H groups in total. The van der Waals surface area contributed by atoms with E-state index in [0.29, 0.717) is 28.4 Å². The van der Waals surface area contributed by atoms with Gasteiger partial charge in [-0.2, -0.15) is 0 Å². The Morgan fingerprint density at radius 1 is 0.778 bits per heavy atom. The second kappa shape index (κ2) is 8.27. The Morgan fingerprint density at radius 3 is 1.81 bits per heavy atom. The lowest BCUT2D eigenvalue weighted by Gasteiger charge is -2.10. The van der Waals surface area contributed by atoms with Crippen molar-refractivity contribution >= 4 is 23.2 Å². The number of aromatic nitrogens is 1.